The number of hydrogen-bond donors (Lipinski definition) is 2. The van der Waals surface area contributed by atoms with Gasteiger partial charge in [-0.3, -0.25) is 9.59 Å². The summed E-state index contributed by atoms with van der Waals surface area (Å²) in [5, 5.41) is 6.58. The third-order valence-corrected chi connectivity index (χ3v) is 6.80. The third-order valence-electron chi connectivity index (χ3n) is 5.37. The van der Waals surface area contributed by atoms with Crippen LogP contribution >= 0.6 is 11.8 Å². The molecule has 0 aromatic heterocycles. The first-order chi connectivity index (χ1) is 12.9. The number of aryl methyl sites for hydroxylation is 1. The van der Waals surface area contributed by atoms with Crippen molar-refractivity contribution in [3.05, 3.63) is 40.3 Å². The predicted octanol–water partition coefficient (Wildman–Crippen LogP) is 3.90. The molecule has 3 unspecified atom stereocenters. The SMILES string of the molecule is Cc1ccc(/C=C2/SC3CCC(C(=O)NCCC(C)C)CC3NC2=O)cc1. The number of amides is 2. The molecule has 5 heteroatoms. The Bertz CT molecular complexity index is 712. The highest BCUT2D eigenvalue weighted by Crippen LogP contribution is 2.39. The first-order valence-corrected chi connectivity index (χ1v) is 10.8. The number of fused-ring (bicyclic) bond motifs is 1. The monoisotopic (exact) mass is 386 g/mol. The maximum absolute atomic E-state index is 12.5. The Labute approximate surface area is 166 Å². The van der Waals surface area contributed by atoms with Gasteiger partial charge in [0, 0.05) is 23.8 Å². The lowest BCUT2D eigenvalue weighted by Gasteiger charge is -2.39. The zero-order valence-corrected chi connectivity index (χ0v) is 17.3. The lowest BCUT2D eigenvalue weighted by Crippen LogP contribution is -2.51. The van der Waals surface area contributed by atoms with Crippen LogP contribution in [0.4, 0.5) is 0 Å². The van der Waals surface area contributed by atoms with E-state index in [2.05, 4.69) is 43.5 Å². The Morgan fingerprint density at radius 2 is 2.04 bits per heavy atom. The molecule has 146 valence electrons. The molecule has 1 heterocycles. The summed E-state index contributed by atoms with van der Waals surface area (Å²) in [6.07, 6.45) is 5.58. The Kier molecular flexibility index (Phi) is 6.64. The number of rotatable bonds is 5. The lowest BCUT2D eigenvalue weighted by molar-refractivity contribution is -0.127. The van der Waals surface area contributed by atoms with E-state index in [1.54, 1.807) is 11.8 Å². The summed E-state index contributed by atoms with van der Waals surface area (Å²) in [4.78, 5) is 25.7. The molecule has 0 bridgehead atoms. The predicted molar refractivity (Wildman–Crippen MR) is 112 cm³/mol. The van der Waals surface area contributed by atoms with Gasteiger partial charge in [-0.25, -0.2) is 0 Å². The molecule has 1 aliphatic heterocycles. The van der Waals surface area contributed by atoms with Crippen molar-refractivity contribution in [2.24, 2.45) is 11.8 Å². The van der Waals surface area contributed by atoms with Crippen LogP contribution in [0.3, 0.4) is 0 Å². The molecular formula is C22H30N2O2S. The minimum Gasteiger partial charge on any atom is -0.356 e. The Morgan fingerprint density at radius 3 is 2.74 bits per heavy atom. The number of hydrogen-bond acceptors (Lipinski definition) is 3. The van der Waals surface area contributed by atoms with E-state index >= 15 is 0 Å². The molecule has 27 heavy (non-hydrogen) atoms. The van der Waals surface area contributed by atoms with Crippen molar-refractivity contribution in [3.8, 4) is 0 Å². The van der Waals surface area contributed by atoms with E-state index in [9.17, 15) is 9.59 Å². The van der Waals surface area contributed by atoms with Gasteiger partial charge in [0.15, 0.2) is 0 Å². The van der Waals surface area contributed by atoms with Gasteiger partial charge >= 0.3 is 0 Å². The van der Waals surface area contributed by atoms with Crippen LogP contribution in [-0.4, -0.2) is 29.7 Å². The first-order valence-electron chi connectivity index (χ1n) is 9.96. The molecule has 2 amide bonds. The summed E-state index contributed by atoms with van der Waals surface area (Å²) in [6, 6.07) is 8.29. The quantitative estimate of drug-likeness (QED) is 0.755. The highest BCUT2D eigenvalue weighted by atomic mass is 32.2. The Hall–Kier alpha value is -1.75. The van der Waals surface area contributed by atoms with E-state index < -0.39 is 0 Å². The van der Waals surface area contributed by atoms with E-state index in [4.69, 9.17) is 0 Å². The van der Waals surface area contributed by atoms with Crippen molar-refractivity contribution in [1.29, 1.82) is 0 Å². The summed E-state index contributed by atoms with van der Waals surface area (Å²) in [7, 11) is 0. The fourth-order valence-electron chi connectivity index (χ4n) is 3.67. The standard InChI is InChI=1S/C22H30N2O2S/c1-14(2)10-11-23-21(25)17-8-9-19-18(13-17)24-22(26)20(27-19)12-16-6-4-15(3)5-7-16/h4-7,12,14,17-19H,8-11,13H2,1-3H3,(H,23,25)(H,24,26)/b20-12+. The van der Waals surface area contributed by atoms with E-state index in [0.29, 0.717) is 11.2 Å². The largest absolute Gasteiger partial charge is 0.356 e. The number of nitrogens with one attached hydrogen (secondary N) is 2. The van der Waals surface area contributed by atoms with Crippen molar-refractivity contribution in [1.82, 2.24) is 10.6 Å². The molecule has 3 rings (SSSR count). The van der Waals surface area contributed by atoms with Crippen molar-refractivity contribution >= 4 is 29.7 Å². The normalized spacial score (nSPS) is 26.6. The van der Waals surface area contributed by atoms with Gasteiger partial charge in [0.25, 0.3) is 5.91 Å². The smallest absolute Gasteiger partial charge is 0.257 e. The molecular weight excluding hydrogens is 356 g/mol. The van der Waals surface area contributed by atoms with Gasteiger partial charge in [-0.1, -0.05) is 43.7 Å². The van der Waals surface area contributed by atoms with Crippen LogP contribution in [-0.2, 0) is 9.59 Å². The van der Waals surface area contributed by atoms with Gasteiger partial charge in [-0.2, -0.15) is 0 Å². The van der Waals surface area contributed by atoms with Crippen molar-refractivity contribution in [3.63, 3.8) is 0 Å². The molecule has 0 radical (unpaired) electrons. The molecule has 1 saturated carbocycles. The number of carbonyl (C=O) groups is 2. The van der Waals surface area contributed by atoms with Gasteiger partial charge in [0.2, 0.25) is 5.91 Å². The van der Waals surface area contributed by atoms with Crippen LogP contribution < -0.4 is 10.6 Å². The maximum Gasteiger partial charge on any atom is 0.257 e. The van der Waals surface area contributed by atoms with Gasteiger partial charge < -0.3 is 10.6 Å². The van der Waals surface area contributed by atoms with E-state index in [1.165, 1.54) is 5.56 Å². The van der Waals surface area contributed by atoms with Crippen LogP contribution in [0.5, 0.6) is 0 Å². The minimum absolute atomic E-state index is 0.0114. The summed E-state index contributed by atoms with van der Waals surface area (Å²) >= 11 is 1.68. The third kappa shape index (κ3) is 5.38. The van der Waals surface area contributed by atoms with Gasteiger partial charge in [-0.05, 0) is 50.2 Å². The molecule has 2 N–H and O–H groups in total. The van der Waals surface area contributed by atoms with Crippen LogP contribution in [0.1, 0.15) is 50.7 Å². The summed E-state index contributed by atoms with van der Waals surface area (Å²) in [5.41, 5.74) is 2.26. The van der Waals surface area contributed by atoms with Crippen LogP contribution in [0.15, 0.2) is 29.2 Å². The van der Waals surface area contributed by atoms with Crippen molar-refractivity contribution in [2.75, 3.05) is 6.54 Å². The summed E-state index contributed by atoms with van der Waals surface area (Å²) < 4.78 is 0. The first kappa shape index (κ1) is 20.0. The molecule has 4 nitrogen and oxygen atoms in total. The highest BCUT2D eigenvalue weighted by Gasteiger charge is 2.39. The minimum atomic E-state index is -0.0114. The van der Waals surface area contributed by atoms with Crippen LogP contribution in [0.2, 0.25) is 0 Å². The Balaban J connectivity index is 1.57. The zero-order chi connectivity index (χ0) is 19.4. The van der Waals surface area contributed by atoms with E-state index in [1.807, 2.05) is 18.2 Å². The molecule has 1 aliphatic carbocycles. The van der Waals surface area contributed by atoms with Crippen molar-refractivity contribution in [2.45, 2.75) is 57.7 Å². The molecule has 1 aromatic carbocycles. The fourth-order valence-corrected chi connectivity index (χ4v) is 4.97. The second-order valence-corrected chi connectivity index (χ2v) is 9.42. The Morgan fingerprint density at radius 1 is 1.30 bits per heavy atom. The second-order valence-electron chi connectivity index (χ2n) is 8.14. The van der Waals surface area contributed by atoms with Gasteiger partial charge in [0.1, 0.15) is 0 Å². The number of carbonyl (C=O) groups excluding carboxylic acids is 2. The zero-order valence-electron chi connectivity index (χ0n) is 16.5. The van der Waals surface area contributed by atoms with Gasteiger partial charge in [-0.15, -0.1) is 11.8 Å². The highest BCUT2D eigenvalue weighted by molar-refractivity contribution is 8.04. The molecule has 3 atom stereocenters. The van der Waals surface area contributed by atoms with Crippen molar-refractivity contribution < 1.29 is 9.59 Å². The lowest BCUT2D eigenvalue weighted by atomic mass is 9.84. The average Bonchev–Trinajstić information content (AvgIpc) is 2.63. The van der Waals surface area contributed by atoms with Crippen LogP contribution in [0, 0.1) is 18.8 Å². The van der Waals surface area contributed by atoms with E-state index in [0.717, 1.165) is 42.7 Å². The maximum atomic E-state index is 12.5. The molecule has 1 aromatic rings. The topological polar surface area (TPSA) is 58.2 Å². The molecule has 1 saturated heterocycles. The number of benzene rings is 1. The number of thioether (sulfide) groups is 1. The fraction of sp³-hybridized carbons (Fsp3) is 0.545. The van der Waals surface area contributed by atoms with E-state index in [-0.39, 0.29) is 23.8 Å². The summed E-state index contributed by atoms with van der Waals surface area (Å²) in [6.45, 7) is 7.12. The van der Waals surface area contributed by atoms with Gasteiger partial charge in [0.05, 0.1) is 4.91 Å². The second kappa shape index (κ2) is 8.96. The molecule has 2 aliphatic rings. The summed E-state index contributed by atoms with van der Waals surface area (Å²) in [5.74, 6) is 0.743. The molecule has 0 spiro atoms. The average molecular weight is 387 g/mol. The molecule has 2 fully saturated rings. The van der Waals surface area contributed by atoms with Crippen LogP contribution in [0.25, 0.3) is 6.08 Å².